The highest BCUT2D eigenvalue weighted by Gasteiger charge is 2.05. The molecule has 0 spiro atoms. The molecule has 1 atom stereocenters. The van der Waals surface area contributed by atoms with Crippen LogP contribution in [0.2, 0.25) is 0 Å². The van der Waals surface area contributed by atoms with Gasteiger partial charge in [0.15, 0.2) is 0 Å². The van der Waals surface area contributed by atoms with Crippen molar-refractivity contribution < 1.29 is 0 Å². The SMILES string of the molecule is Cc1ccc(Br)c(C[C@H](C)CI)c1. The maximum absolute atomic E-state index is 3.59. The third-order valence-electron chi connectivity index (χ3n) is 2.03. The molecule has 1 aromatic rings. The Bertz CT molecular complexity index is 283. The maximum Gasteiger partial charge on any atom is 0.0207 e. The first-order valence-electron chi connectivity index (χ1n) is 4.44. The summed E-state index contributed by atoms with van der Waals surface area (Å²) in [5, 5.41) is 0. The van der Waals surface area contributed by atoms with Gasteiger partial charge in [0.2, 0.25) is 0 Å². The summed E-state index contributed by atoms with van der Waals surface area (Å²) in [5.41, 5.74) is 2.78. The first-order valence-corrected chi connectivity index (χ1v) is 6.76. The van der Waals surface area contributed by atoms with Gasteiger partial charge in [-0.25, -0.2) is 0 Å². The van der Waals surface area contributed by atoms with Crippen LogP contribution in [0.3, 0.4) is 0 Å². The third kappa shape index (κ3) is 3.58. The fourth-order valence-electron chi connectivity index (χ4n) is 1.29. The van der Waals surface area contributed by atoms with E-state index >= 15 is 0 Å². The van der Waals surface area contributed by atoms with Crippen molar-refractivity contribution in [1.82, 2.24) is 0 Å². The number of hydrogen-bond donors (Lipinski definition) is 0. The van der Waals surface area contributed by atoms with Crippen LogP contribution in [0, 0.1) is 12.8 Å². The molecule has 0 aliphatic heterocycles. The molecule has 0 aliphatic rings. The van der Waals surface area contributed by atoms with E-state index in [9.17, 15) is 0 Å². The molecule has 0 aromatic heterocycles. The van der Waals surface area contributed by atoms with Crippen molar-refractivity contribution in [3.63, 3.8) is 0 Å². The summed E-state index contributed by atoms with van der Waals surface area (Å²) in [6.45, 7) is 4.44. The van der Waals surface area contributed by atoms with E-state index in [0.29, 0.717) is 0 Å². The average molecular weight is 353 g/mol. The second kappa shape index (κ2) is 5.35. The molecule has 0 amide bonds. The molecule has 13 heavy (non-hydrogen) atoms. The van der Waals surface area contributed by atoms with E-state index in [-0.39, 0.29) is 0 Å². The van der Waals surface area contributed by atoms with Gasteiger partial charge < -0.3 is 0 Å². The summed E-state index contributed by atoms with van der Waals surface area (Å²) >= 11 is 6.03. The lowest BCUT2D eigenvalue weighted by Crippen LogP contribution is -2.01. The average Bonchev–Trinajstić information content (AvgIpc) is 2.11. The monoisotopic (exact) mass is 352 g/mol. The van der Waals surface area contributed by atoms with E-state index in [1.54, 1.807) is 0 Å². The molecule has 0 heterocycles. The largest absolute Gasteiger partial charge is 0.0861 e. The number of benzene rings is 1. The summed E-state index contributed by atoms with van der Waals surface area (Å²) in [4.78, 5) is 0. The van der Waals surface area contributed by atoms with Gasteiger partial charge in [0, 0.05) is 8.90 Å². The Hall–Kier alpha value is 0.430. The number of aryl methyl sites for hydroxylation is 1. The maximum atomic E-state index is 3.59. The minimum atomic E-state index is 0.763. The zero-order chi connectivity index (χ0) is 9.84. The van der Waals surface area contributed by atoms with Gasteiger partial charge in [0.1, 0.15) is 0 Å². The van der Waals surface area contributed by atoms with Gasteiger partial charge in [-0.05, 0) is 30.9 Å². The first kappa shape index (κ1) is 11.5. The van der Waals surface area contributed by atoms with Gasteiger partial charge in [0.25, 0.3) is 0 Å². The number of alkyl halides is 1. The predicted octanol–water partition coefficient (Wildman–Crippen LogP) is 4.37. The molecule has 72 valence electrons. The second-order valence-corrected chi connectivity index (χ2v) is 5.29. The molecule has 0 unspecified atom stereocenters. The third-order valence-corrected chi connectivity index (χ3v) is 4.31. The lowest BCUT2D eigenvalue weighted by molar-refractivity contribution is 0.666. The van der Waals surface area contributed by atoms with Crippen LogP contribution >= 0.6 is 38.5 Å². The van der Waals surface area contributed by atoms with Crippen molar-refractivity contribution in [2.45, 2.75) is 20.3 Å². The van der Waals surface area contributed by atoms with E-state index in [0.717, 1.165) is 5.92 Å². The van der Waals surface area contributed by atoms with Crippen molar-refractivity contribution >= 4 is 38.5 Å². The van der Waals surface area contributed by atoms with Gasteiger partial charge in [0.05, 0.1) is 0 Å². The Kier molecular flexibility index (Phi) is 4.73. The number of halogens is 2. The number of rotatable bonds is 3. The molecule has 0 bridgehead atoms. The second-order valence-electron chi connectivity index (χ2n) is 3.56. The predicted molar refractivity (Wildman–Crippen MR) is 70.6 cm³/mol. The zero-order valence-corrected chi connectivity index (χ0v) is 11.7. The highest BCUT2D eigenvalue weighted by molar-refractivity contribution is 14.1. The minimum Gasteiger partial charge on any atom is -0.0861 e. The molecular weight excluding hydrogens is 339 g/mol. The van der Waals surface area contributed by atoms with Gasteiger partial charge in [-0.15, -0.1) is 0 Å². The van der Waals surface area contributed by atoms with Crippen LogP contribution in [0.5, 0.6) is 0 Å². The van der Waals surface area contributed by atoms with E-state index in [1.165, 1.54) is 26.4 Å². The zero-order valence-electron chi connectivity index (χ0n) is 7.98. The van der Waals surface area contributed by atoms with Crippen molar-refractivity contribution in [1.29, 1.82) is 0 Å². The van der Waals surface area contributed by atoms with Crippen molar-refractivity contribution in [3.8, 4) is 0 Å². The highest BCUT2D eigenvalue weighted by Crippen LogP contribution is 2.21. The topological polar surface area (TPSA) is 0 Å². The molecule has 1 rings (SSSR count). The highest BCUT2D eigenvalue weighted by atomic mass is 127. The molecule has 0 fully saturated rings. The van der Waals surface area contributed by atoms with Crippen LogP contribution in [-0.2, 0) is 6.42 Å². The van der Waals surface area contributed by atoms with Gasteiger partial charge in [-0.2, -0.15) is 0 Å². The van der Waals surface area contributed by atoms with Crippen molar-refractivity contribution in [3.05, 3.63) is 33.8 Å². The summed E-state index contributed by atoms with van der Waals surface area (Å²) in [6, 6.07) is 6.56. The fourth-order valence-corrected chi connectivity index (χ4v) is 2.01. The standard InChI is InChI=1S/C11H14BrI/c1-8-3-4-11(12)10(5-8)6-9(2)7-13/h3-5,9H,6-7H2,1-2H3/t9-/m0/s1. The van der Waals surface area contributed by atoms with Crippen LogP contribution in [0.25, 0.3) is 0 Å². The Morgan fingerprint density at radius 1 is 1.46 bits per heavy atom. The van der Waals surface area contributed by atoms with E-state index in [2.05, 4.69) is 70.6 Å². The molecule has 0 N–H and O–H groups in total. The van der Waals surface area contributed by atoms with Crippen LogP contribution in [-0.4, -0.2) is 4.43 Å². The van der Waals surface area contributed by atoms with Crippen LogP contribution in [0.1, 0.15) is 18.1 Å². The summed E-state index contributed by atoms with van der Waals surface area (Å²) < 4.78 is 2.47. The van der Waals surface area contributed by atoms with Gasteiger partial charge >= 0.3 is 0 Å². The van der Waals surface area contributed by atoms with Crippen molar-refractivity contribution in [2.24, 2.45) is 5.92 Å². The molecule has 0 aliphatic carbocycles. The Balaban J connectivity index is 2.81. The smallest absolute Gasteiger partial charge is 0.0207 e. The molecule has 2 heteroatoms. The molecule has 0 radical (unpaired) electrons. The Morgan fingerprint density at radius 3 is 2.77 bits per heavy atom. The summed E-state index contributed by atoms with van der Waals surface area (Å²) in [6.07, 6.45) is 1.17. The Labute approximate surface area is 102 Å². The van der Waals surface area contributed by atoms with Crippen LogP contribution in [0.4, 0.5) is 0 Å². The van der Waals surface area contributed by atoms with Crippen LogP contribution < -0.4 is 0 Å². The normalized spacial score (nSPS) is 12.9. The lowest BCUT2D eigenvalue weighted by Gasteiger charge is -2.10. The molecular formula is C11H14BrI. The van der Waals surface area contributed by atoms with E-state index < -0.39 is 0 Å². The molecule has 0 nitrogen and oxygen atoms in total. The summed E-state index contributed by atoms with van der Waals surface area (Å²) in [7, 11) is 0. The van der Waals surface area contributed by atoms with E-state index in [1.807, 2.05) is 0 Å². The molecule has 0 saturated carbocycles. The first-order chi connectivity index (χ1) is 6.13. The van der Waals surface area contributed by atoms with Gasteiger partial charge in [-0.3, -0.25) is 0 Å². The summed E-state index contributed by atoms with van der Waals surface area (Å²) in [5.74, 6) is 0.763. The van der Waals surface area contributed by atoms with Crippen molar-refractivity contribution in [2.75, 3.05) is 4.43 Å². The van der Waals surface area contributed by atoms with E-state index in [4.69, 9.17) is 0 Å². The van der Waals surface area contributed by atoms with Gasteiger partial charge in [-0.1, -0.05) is 63.1 Å². The number of hydrogen-bond acceptors (Lipinski definition) is 0. The molecule has 0 saturated heterocycles. The lowest BCUT2D eigenvalue weighted by atomic mass is 10.0. The minimum absolute atomic E-state index is 0.763. The Morgan fingerprint density at radius 2 is 2.15 bits per heavy atom. The van der Waals surface area contributed by atoms with Crippen LogP contribution in [0.15, 0.2) is 22.7 Å². The fraction of sp³-hybridized carbons (Fsp3) is 0.455. The molecule has 1 aromatic carbocycles. The quantitative estimate of drug-likeness (QED) is 0.559.